The summed E-state index contributed by atoms with van der Waals surface area (Å²) in [6, 6.07) is 0.652. The molecule has 1 atom stereocenters. The van der Waals surface area contributed by atoms with Gasteiger partial charge in [-0.25, -0.2) is 0 Å². The molecule has 1 N–H and O–H groups in total. The van der Waals surface area contributed by atoms with E-state index in [2.05, 4.69) is 37.4 Å². The number of nitrogens with one attached hydrogen (secondary N) is 1. The fourth-order valence-corrected chi connectivity index (χ4v) is 1.69. The maximum absolute atomic E-state index is 3.49. The van der Waals surface area contributed by atoms with E-state index >= 15 is 0 Å². The van der Waals surface area contributed by atoms with E-state index in [4.69, 9.17) is 0 Å². The van der Waals surface area contributed by atoms with E-state index in [0.29, 0.717) is 6.04 Å². The van der Waals surface area contributed by atoms with Crippen LogP contribution in [0.1, 0.15) is 26.7 Å². The maximum atomic E-state index is 3.49. The van der Waals surface area contributed by atoms with Gasteiger partial charge in [0, 0.05) is 24.9 Å². The molecule has 0 aromatic rings. The molecule has 0 saturated carbocycles. The second-order valence-corrected chi connectivity index (χ2v) is 4.87. The molecular weight excluding hydrogens is 192 g/mol. The Bertz CT molecular complexity index is 120. The van der Waals surface area contributed by atoms with E-state index in [-0.39, 0.29) is 0 Å². The number of thioether (sulfide) groups is 1. The normalized spacial score (nSPS) is 13.5. The summed E-state index contributed by atoms with van der Waals surface area (Å²) >= 11 is 1.92. The number of nitrogens with zero attached hydrogens (tertiary/aromatic N) is 1. The molecule has 0 rings (SSSR count). The second-order valence-electron chi connectivity index (χ2n) is 3.88. The highest BCUT2D eigenvalue weighted by molar-refractivity contribution is 7.98. The molecule has 0 fully saturated rings. The molecule has 2 nitrogen and oxygen atoms in total. The average Bonchev–Trinajstić information content (AvgIpc) is 2.20. The molecule has 0 bridgehead atoms. The third-order valence-corrected chi connectivity index (χ3v) is 3.14. The predicted molar refractivity (Wildman–Crippen MR) is 68.3 cm³/mol. The molecule has 0 amide bonds. The minimum atomic E-state index is 0.652. The van der Waals surface area contributed by atoms with E-state index in [0.717, 1.165) is 13.1 Å². The topological polar surface area (TPSA) is 15.3 Å². The number of rotatable bonds is 9. The Morgan fingerprint density at radius 3 is 2.71 bits per heavy atom. The van der Waals surface area contributed by atoms with Gasteiger partial charge in [0.2, 0.25) is 0 Å². The van der Waals surface area contributed by atoms with E-state index in [9.17, 15) is 0 Å². The van der Waals surface area contributed by atoms with Gasteiger partial charge in [-0.05, 0) is 33.2 Å². The number of unbranched alkanes of at least 4 members (excludes halogenated alkanes) is 1. The third kappa shape index (κ3) is 7.65. The summed E-state index contributed by atoms with van der Waals surface area (Å²) in [6.45, 7) is 7.99. The van der Waals surface area contributed by atoms with Crippen molar-refractivity contribution in [2.75, 3.05) is 38.7 Å². The van der Waals surface area contributed by atoms with Gasteiger partial charge in [0.05, 0.1) is 0 Å². The lowest BCUT2D eigenvalue weighted by molar-refractivity contribution is 0.265. The molecule has 0 saturated heterocycles. The van der Waals surface area contributed by atoms with Crippen molar-refractivity contribution in [2.24, 2.45) is 0 Å². The Morgan fingerprint density at radius 2 is 2.14 bits per heavy atom. The first-order valence-corrected chi connectivity index (χ1v) is 7.01. The maximum Gasteiger partial charge on any atom is 0.0189 e. The van der Waals surface area contributed by atoms with Crippen molar-refractivity contribution in [3.05, 3.63) is 0 Å². The fourth-order valence-electron chi connectivity index (χ4n) is 1.22. The molecule has 86 valence electrons. The first kappa shape index (κ1) is 14.3. The standard InChI is InChI=1S/C11H26N2S/c1-5-6-7-12-10-11(2)13(3)8-9-14-4/h11-12H,5-10H2,1-4H3. The lowest BCUT2D eigenvalue weighted by atomic mass is 10.3. The van der Waals surface area contributed by atoms with Crippen molar-refractivity contribution in [2.45, 2.75) is 32.7 Å². The van der Waals surface area contributed by atoms with Crippen molar-refractivity contribution >= 4 is 11.8 Å². The lowest BCUT2D eigenvalue weighted by Gasteiger charge is -2.24. The van der Waals surface area contributed by atoms with Crippen LogP contribution in [0, 0.1) is 0 Å². The van der Waals surface area contributed by atoms with Crippen molar-refractivity contribution in [3.8, 4) is 0 Å². The highest BCUT2D eigenvalue weighted by Gasteiger charge is 2.06. The first-order valence-electron chi connectivity index (χ1n) is 5.62. The summed E-state index contributed by atoms with van der Waals surface area (Å²) < 4.78 is 0. The Morgan fingerprint density at radius 1 is 1.43 bits per heavy atom. The van der Waals surface area contributed by atoms with E-state index < -0.39 is 0 Å². The second kappa shape index (κ2) is 9.81. The number of likely N-dealkylation sites (N-methyl/N-ethyl adjacent to an activating group) is 1. The van der Waals surface area contributed by atoms with Crippen molar-refractivity contribution in [1.82, 2.24) is 10.2 Å². The highest BCUT2D eigenvalue weighted by atomic mass is 32.2. The molecule has 0 aromatic heterocycles. The fraction of sp³-hybridized carbons (Fsp3) is 1.00. The number of hydrogen-bond acceptors (Lipinski definition) is 3. The van der Waals surface area contributed by atoms with Crippen LogP contribution in [0.15, 0.2) is 0 Å². The Balaban J connectivity index is 3.36. The van der Waals surface area contributed by atoms with Gasteiger partial charge in [0.1, 0.15) is 0 Å². The van der Waals surface area contributed by atoms with Gasteiger partial charge in [0.25, 0.3) is 0 Å². The van der Waals surface area contributed by atoms with Crippen LogP contribution in [0.5, 0.6) is 0 Å². The van der Waals surface area contributed by atoms with Crippen LogP contribution in [0.4, 0.5) is 0 Å². The average molecular weight is 218 g/mol. The van der Waals surface area contributed by atoms with Crippen LogP contribution < -0.4 is 5.32 Å². The monoisotopic (exact) mass is 218 g/mol. The third-order valence-electron chi connectivity index (χ3n) is 2.55. The van der Waals surface area contributed by atoms with Crippen molar-refractivity contribution < 1.29 is 0 Å². The Kier molecular flexibility index (Phi) is 10.0. The Hall–Kier alpha value is 0.270. The Labute approximate surface area is 93.8 Å². The lowest BCUT2D eigenvalue weighted by Crippen LogP contribution is -2.39. The zero-order valence-electron chi connectivity index (χ0n) is 10.2. The molecule has 0 aliphatic heterocycles. The van der Waals surface area contributed by atoms with Crippen LogP contribution in [-0.4, -0.2) is 49.6 Å². The summed E-state index contributed by atoms with van der Waals surface area (Å²) in [4.78, 5) is 2.43. The van der Waals surface area contributed by atoms with E-state index in [1.54, 1.807) is 0 Å². The summed E-state index contributed by atoms with van der Waals surface area (Å²) in [7, 11) is 2.21. The van der Waals surface area contributed by atoms with Gasteiger partial charge in [-0.3, -0.25) is 0 Å². The van der Waals surface area contributed by atoms with Gasteiger partial charge in [-0.2, -0.15) is 11.8 Å². The summed E-state index contributed by atoms with van der Waals surface area (Å²) in [5.74, 6) is 1.23. The summed E-state index contributed by atoms with van der Waals surface area (Å²) in [5, 5.41) is 3.49. The zero-order chi connectivity index (χ0) is 10.8. The van der Waals surface area contributed by atoms with Crippen LogP contribution in [0.2, 0.25) is 0 Å². The largest absolute Gasteiger partial charge is 0.315 e. The minimum Gasteiger partial charge on any atom is -0.315 e. The van der Waals surface area contributed by atoms with E-state index in [1.165, 1.54) is 25.1 Å². The van der Waals surface area contributed by atoms with Crippen molar-refractivity contribution in [3.63, 3.8) is 0 Å². The molecule has 14 heavy (non-hydrogen) atoms. The number of hydrogen-bond donors (Lipinski definition) is 1. The molecule has 3 heteroatoms. The molecule has 0 radical (unpaired) electrons. The SMILES string of the molecule is CCCCNCC(C)N(C)CCSC. The quantitative estimate of drug-likeness (QED) is 0.596. The predicted octanol–water partition coefficient (Wildman–Crippen LogP) is 2.06. The van der Waals surface area contributed by atoms with Gasteiger partial charge in [-0.15, -0.1) is 0 Å². The molecule has 1 unspecified atom stereocenters. The van der Waals surface area contributed by atoms with Crippen LogP contribution in [0.3, 0.4) is 0 Å². The summed E-state index contributed by atoms with van der Waals surface area (Å²) in [6.07, 6.45) is 4.74. The van der Waals surface area contributed by atoms with Gasteiger partial charge >= 0.3 is 0 Å². The van der Waals surface area contributed by atoms with Crippen molar-refractivity contribution in [1.29, 1.82) is 0 Å². The molecule has 0 spiro atoms. The van der Waals surface area contributed by atoms with Gasteiger partial charge in [-0.1, -0.05) is 13.3 Å². The van der Waals surface area contributed by atoms with E-state index in [1.807, 2.05) is 11.8 Å². The van der Waals surface area contributed by atoms with Gasteiger partial charge < -0.3 is 10.2 Å². The van der Waals surface area contributed by atoms with Gasteiger partial charge in [0.15, 0.2) is 0 Å². The zero-order valence-corrected chi connectivity index (χ0v) is 11.0. The molecular formula is C11H26N2S. The van der Waals surface area contributed by atoms with Crippen LogP contribution >= 0.6 is 11.8 Å². The smallest absolute Gasteiger partial charge is 0.0189 e. The minimum absolute atomic E-state index is 0.652. The molecule has 0 aliphatic carbocycles. The first-order chi connectivity index (χ1) is 6.72. The molecule has 0 aliphatic rings. The molecule has 0 heterocycles. The highest BCUT2D eigenvalue weighted by Crippen LogP contribution is 1.98. The summed E-state index contributed by atoms with van der Waals surface area (Å²) in [5.41, 5.74) is 0. The van der Waals surface area contributed by atoms with Crippen LogP contribution in [-0.2, 0) is 0 Å². The molecule has 0 aromatic carbocycles. The van der Waals surface area contributed by atoms with Crippen LogP contribution in [0.25, 0.3) is 0 Å².